The number of H-pyrrole nitrogens is 1. The van der Waals surface area contributed by atoms with Crippen LogP contribution < -0.4 is 21.3 Å². The summed E-state index contributed by atoms with van der Waals surface area (Å²) in [4.78, 5) is 26.9. The molecule has 4 heterocycles. The Balaban J connectivity index is 1.78. The molecule has 2 unspecified atom stereocenters. The highest BCUT2D eigenvalue weighted by atomic mass is 32.1. The van der Waals surface area contributed by atoms with E-state index < -0.39 is 23.1 Å². The van der Waals surface area contributed by atoms with Crippen molar-refractivity contribution in [2.24, 2.45) is 0 Å². The van der Waals surface area contributed by atoms with E-state index in [0.29, 0.717) is 34.4 Å². The van der Waals surface area contributed by atoms with Crippen molar-refractivity contribution < 1.29 is 8.78 Å². The fraction of sp³-hybridized carbons (Fsp3) is 0.474. The first kappa shape index (κ1) is 17.8. The summed E-state index contributed by atoms with van der Waals surface area (Å²) in [6.07, 6.45) is 2.46. The Morgan fingerprint density at radius 1 is 1.36 bits per heavy atom. The SMILES string of the molecule is CNC1CCCN(c2cc3c(C4C[C@@H]4F)c4s[nH]c(=O)c4c(=O)n3cc2F)C1. The molecule has 1 saturated carbocycles. The zero-order chi connectivity index (χ0) is 19.6. The molecule has 5 rings (SSSR count). The minimum Gasteiger partial charge on any atom is -0.368 e. The van der Waals surface area contributed by atoms with Crippen LogP contribution >= 0.6 is 11.5 Å². The maximum Gasteiger partial charge on any atom is 0.271 e. The van der Waals surface area contributed by atoms with Gasteiger partial charge in [-0.1, -0.05) is 11.5 Å². The molecule has 1 saturated heterocycles. The molecular weight excluding hydrogens is 386 g/mol. The summed E-state index contributed by atoms with van der Waals surface area (Å²) in [5.41, 5.74) is 0.465. The fourth-order valence-corrected chi connectivity index (χ4v) is 5.26. The number of hydrogen-bond acceptors (Lipinski definition) is 5. The van der Waals surface area contributed by atoms with Crippen molar-refractivity contribution in [2.45, 2.75) is 37.4 Å². The number of aromatic nitrogens is 2. The first-order chi connectivity index (χ1) is 13.5. The summed E-state index contributed by atoms with van der Waals surface area (Å²) in [5.74, 6) is -0.884. The van der Waals surface area contributed by atoms with Crippen LogP contribution in [0.25, 0.3) is 15.6 Å². The summed E-state index contributed by atoms with van der Waals surface area (Å²) < 4.78 is 33.2. The largest absolute Gasteiger partial charge is 0.368 e. The van der Waals surface area contributed by atoms with Crippen LogP contribution in [0.3, 0.4) is 0 Å². The highest BCUT2D eigenvalue weighted by Crippen LogP contribution is 2.48. The Bertz CT molecular complexity index is 1200. The van der Waals surface area contributed by atoms with Crippen LogP contribution in [0.2, 0.25) is 0 Å². The lowest BCUT2D eigenvalue weighted by atomic mass is 10.0. The minimum absolute atomic E-state index is 0.0167. The van der Waals surface area contributed by atoms with Gasteiger partial charge in [0, 0.05) is 30.6 Å². The van der Waals surface area contributed by atoms with Crippen molar-refractivity contribution in [1.82, 2.24) is 14.1 Å². The van der Waals surface area contributed by atoms with Crippen molar-refractivity contribution in [2.75, 3.05) is 25.0 Å². The Morgan fingerprint density at radius 3 is 2.86 bits per heavy atom. The average Bonchev–Trinajstić information content (AvgIpc) is 3.28. The predicted octanol–water partition coefficient (Wildman–Crippen LogP) is 2.36. The van der Waals surface area contributed by atoms with Crippen LogP contribution in [0, 0.1) is 5.82 Å². The number of halogens is 2. The number of rotatable bonds is 3. The van der Waals surface area contributed by atoms with E-state index in [1.165, 1.54) is 4.40 Å². The van der Waals surface area contributed by atoms with Gasteiger partial charge in [0.05, 0.1) is 22.1 Å². The molecular formula is C19H20F2N4O2S. The lowest BCUT2D eigenvalue weighted by Gasteiger charge is -2.34. The number of aromatic amines is 1. The van der Waals surface area contributed by atoms with Crippen LogP contribution in [-0.4, -0.2) is 41.1 Å². The number of nitrogens with one attached hydrogen (secondary N) is 2. The smallest absolute Gasteiger partial charge is 0.271 e. The number of likely N-dealkylation sites (N-methyl/N-ethyl adjacent to an activating group) is 1. The molecule has 3 aromatic heterocycles. The second-order valence-electron chi connectivity index (χ2n) is 7.65. The third kappa shape index (κ3) is 2.60. The van der Waals surface area contributed by atoms with E-state index in [4.69, 9.17) is 0 Å². The van der Waals surface area contributed by atoms with Gasteiger partial charge in [0.1, 0.15) is 11.6 Å². The van der Waals surface area contributed by atoms with Crippen LogP contribution in [0.1, 0.15) is 30.7 Å². The molecule has 1 aliphatic carbocycles. The highest BCUT2D eigenvalue weighted by molar-refractivity contribution is 7.13. The summed E-state index contributed by atoms with van der Waals surface area (Å²) in [6, 6.07) is 1.92. The summed E-state index contributed by atoms with van der Waals surface area (Å²) in [7, 11) is 1.89. The summed E-state index contributed by atoms with van der Waals surface area (Å²) in [5, 5.41) is 3.22. The topological polar surface area (TPSA) is 69.6 Å². The van der Waals surface area contributed by atoms with E-state index in [0.717, 1.165) is 37.1 Å². The van der Waals surface area contributed by atoms with Gasteiger partial charge in [-0.2, -0.15) is 0 Å². The predicted molar refractivity (Wildman–Crippen MR) is 106 cm³/mol. The second kappa shape index (κ2) is 6.38. The molecule has 28 heavy (non-hydrogen) atoms. The zero-order valence-corrected chi connectivity index (χ0v) is 16.1. The van der Waals surface area contributed by atoms with Crippen molar-refractivity contribution in [3.05, 3.63) is 44.4 Å². The van der Waals surface area contributed by atoms with E-state index in [-0.39, 0.29) is 17.3 Å². The maximum atomic E-state index is 15.0. The third-order valence-electron chi connectivity index (χ3n) is 5.93. The second-order valence-corrected chi connectivity index (χ2v) is 8.47. The number of piperidine rings is 1. The Morgan fingerprint density at radius 2 is 2.14 bits per heavy atom. The molecule has 0 amide bonds. The molecule has 0 bridgehead atoms. The van der Waals surface area contributed by atoms with Crippen LogP contribution in [0.4, 0.5) is 14.5 Å². The summed E-state index contributed by atoms with van der Waals surface area (Å²) in [6.45, 7) is 1.39. The highest BCUT2D eigenvalue weighted by Gasteiger charge is 2.42. The molecule has 0 radical (unpaired) electrons. The molecule has 3 aromatic rings. The molecule has 0 spiro atoms. The van der Waals surface area contributed by atoms with Gasteiger partial charge >= 0.3 is 0 Å². The average molecular weight is 406 g/mol. The molecule has 9 heteroatoms. The zero-order valence-electron chi connectivity index (χ0n) is 15.3. The Hall–Kier alpha value is -2.26. The number of hydrogen-bond donors (Lipinski definition) is 2. The lowest BCUT2D eigenvalue weighted by Crippen LogP contribution is -2.44. The Labute approximate surface area is 162 Å². The first-order valence-corrected chi connectivity index (χ1v) is 10.3. The molecule has 6 nitrogen and oxygen atoms in total. The van der Waals surface area contributed by atoms with E-state index >= 15 is 0 Å². The van der Waals surface area contributed by atoms with Crippen molar-refractivity contribution in [3.8, 4) is 0 Å². The van der Waals surface area contributed by atoms with Gasteiger partial charge in [-0.15, -0.1) is 0 Å². The van der Waals surface area contributed by atoms with Gasteiger partial charge in [-0.3, -0.25) is 18.4 Å². The maximum absolute atomic E-state index is 15.0. The van der Waals surface area contributed by atoms with Gasteiger partial charge in [-0.05, 0) is 32.4 Å². The third-order valence-corrected chi connectivity index (χ3v) is 6.84. The molecule has 2 N–H and O–H groups in total. The number of fused-ring (bicyclic) bond motifs is 2. The number of anilines is 1. The number of alkyl halides is 1. The minimum atomic E-state index is -1.00. The summed E-state index contributed by atoms with van der Waals surface area (Å²) >= 11 is 1.05. The van der Waals surface area contributed by atoms with Gasteiger partial charge < -0.3 is 10.2 Å². The molecule has 3 atom stereocenters. The van der Waals surface area contributed by atoms with Gasteiger partial charge in [0.15, 0.2) is 5.82 Å². The van der Waals surface area contributed by atoms with E-state index in [1.807, 2.05) is 11.9 Å². The van der Waals surface area contributed by atoms with Gasteiger partial charge in [0.25, 0.3) is 11.1 Å². The van der Waals surface area contributed by atoms with E-state index in [1.54, 1.807) is 6.07 Å². The van der Waals surface area contributed by atoms with Crippen LogP contribution in [0.15, 0.2) is 21.9 Å². The number of pyridine rings is 2. The van der Waals surface area contributed by atoms with E-state index in [9.17, 15) is 18.4 Å². The Kier molecular flexibility index (Phi) is 4.06. The van der Waals surface area contributed by atoms with Crippen molar-refractivity contribution >= 4 is 32.8 Å². The van der Waals surface area contributed by atoms with Gasteiger partial charge in [-0.25, -0.2) is 8.78 Å². The molecule has 0 aromatic carbocycles. The quantitative estimate of drug-likeness (QED) is 0.701. The standard InChI is InChI=1S/C19H20F2N4O2S/c1-22-9-3-2-4-24(7-9)13-6-14-15(10-5-11(10)20)17-16(18(26)23-28-17)19(27)25(14)8-12(13)21/h6,8-11,22H,2-5,7H2,1H3,(H,23,26)/t9?,10?,11-/m0/s1. The molecule has 2 aliphatic rings. The molecule has 1 aliphatic heterocycles. The van der Waals surface area contributed by atoms with E-state index in [2.05, 4.69) is 9.69 Å². The normalized spacial score (nSPS) is 25.0. The van der Waals surface area contributed by atoms with Crippen molar-refractivity contribution in [3.63, 3.8) is 0 Å². The van der Waals surface area contributed by atoms with Crippen molar-refractivity contribution in [1.29, 1.82) is 0 Å². The fourth-order valence-electron chi connectivity index (χ4n) is 4.31. The van der Waals surface area contributed by atoms with Crippen LogP contribution in [0.5, 0.6) is 0 Å². The number of nitrogens with zero attached hydrogens (tertiary/aromatic N) is 2. The monoisotopic (exact) mass is 406 g/mol. The van der Waals surface area contributed by atoms with Gasteiger partial charge in [0.2, 0.25) is 0 Å². The first-order valence-electron chi connectivity index (χ1n) is 9.44. The van der Waals surface area contributed by atoms with Crippen LogP contribution in [-0.2, 0) is 0 Å². The lowest BCUT2D eigenvalue weighted by molar-refractivity contribution is 0.445. The molecule has 2 fully saturated rings. The molecule has 148 valence electrons.